The zero-order valence-electron chi connectivity index (χ0n) is 26.7. The third-order valence-electron chi connectivity index (χ3n) is 9.25. The predicted molar refractivity (Wildman–Crippen MR) is 199 cm³/mol. The van der Waals surface area contributed by atoms with Gasteiger partial charge >= 0.3 is 0 Å². The Bertz CT molecular complexity index is 2530. The zero-order valence-corrected chi connectivity index (χ0v) is 27.6. The fraction of sp³-hybridized carbons (Fsp3) is 0.0465. The molecule has 2 heterocycles. The third kappa shape index (κ3) is 5.27. The maximum Gasteiger partial charge on any atom is 0.164 e. The molecule has 49 heavy (non-hydrogen) atoms. The van der Waals surface area contributed by atoms with E-state index in [-0.39, 0.29) is 0 Å². The minimum absolute atomic E-state index is 0.649. The smallest absolute Gasteiger partial charge is 0.164 e. The molecule has 0 radical (unpaired) electrons. The van der Waals surface area contributed by atoms with Crippen LogP contribution < -0.4 is 0 Å². The van der Waals surface area contributed by atoms with Crippen molar-refractivity contribution in [3.05, 3.63) is 163 Å². The molecule has 1 atom stereocenters. The number of aromatic nitrogens is 3. The first kappa shape index (κ1) is 29.2. The summed E-state index contributed by atoms with van der Waals surface area (Å²) in [5.74, 6) is 1.97. The van der Waals surface area contributed by atoms with Crippen LogP contribution in [0.15, 0.2) is 155 Å². The van der Waals surface area contributed by atoms with Gasteiger partial charge < -0.3 is 0 Å². The van der Waals surface area contributed by atoms with Crippen molar-refractivity contribution in [1.29, 1.82) is 0 Å². The Labute approximate surface area is 285 Å². The van der Waals surface area contributed by atoms with Gasteiger partial charge in [0, 0.05) is 40.5 Å². The lowest BCUT2D eigenvalue weighted by molar-refractivity contribution is 0.680. The van der Waals surface area contributed by atoms with Gasteiger partial charge in [0.25, 0.3) is 0 Å². The minimum atomic E-state index is -2.54. The lowest BCUT2D eigenvalue weighted by Crippen LogP contribution is -2.04. The molecule has 9 rings (SSSR count). The summed E-state index contributed by atoms with van der Waals surface area (Å²) in [6.07, 6.45) is 4.61. The topological polar surface area (TPSA) is 68.1 Å². The van der Waals surface area contributed by atoms with Crippen LogP contribution in [0.2, 0.25) is 0 Å². The van der Waals surface area contributed by atoms with Crippen LogP contribution in [0.25, 0.3) is 67.8 Å². The number of allylic oxidation sites excluding steroid dienone is 1. The second-order valence-electron chi connectivity index (χ2n) is 12.5. The molecule has 1 unspecified atom stereocenters. The molecular weight excluding hydrogens is 621 g/mol. The van der Waals surface area contributed by atoms with Crippen LogP contribution >= 0.6 is 0 Å². The summed E-state index contributed by atoms with van der Waals surface area (Å²) >= 11 is 0. The predicted octanol–water partition coefficient (Wildman–Crippen LogP) is 10.4. The van der Waals surface area contributed by atoms with Gasteiger partial charge in [-0.2, -0.15) is 4.36 Å². The summed E-state index contributed by atoms with van der Waals surface area (Å²) in [7, 11) is -2.54. The summed E-state index contributed by atoms with van der Waals surface area (Å²) in [4.78, 5) is 15.8. The molecule has 0 bridgehead atoms. The molecule has 6 aromatic carbocycles. The Morgan fingerprint density at radius 3 is 1.80 bits per heavy atom. The van der Waals surface area contributed by atoms with Crippen LogP contribution in [0.3, 0.4) is 0 Å². The molecule has 1 aliphatic carbocycles. The van der Waals surface area contributed by atoms with Gasteiger partial charge in [0.2, 0.25) is 0 Å². The van der Waals surface area contributed by atoms with E-state index >= 15 is 0 Å². The summed E-state index contributed by atoms with van der Waals surface area (Å²) in [5.41, 5.74) is 12.5. The van der Waals surface area contributed by atoms with Crippen LogP contribution in [0.4, 0.5) is 5.69 Å². The molecule has 1 aliphatic heterocycles. The average molecular weight is 651 g/mol. The number of benzene rings is 6. The number of hydrogen-bond donors (Lipinski definition) is 0. The standard InChI is InChI=1S/C43H30N4OS/c1-49(48)40-23-22-31(27-38(40)36-18-10-11-19-39(36)47-49)30-20-21-33-25-34(24-32-16-8-9-17-35(32)37(33)26-30)43-45-41(28-12-4-2-5-13-28)44-42(46-43)29-14-6-3-7-15-29/h2-24,26-27H,25H2,1H3. The number of fused-ring (bicyclic) bond motifs is 6. The van der Waals surface area contributed by atoms with Crippen LogP contribution in [0, 0.1) is 0 Å². The van der Waals surface area contributed by atoms with Crippen molar-refractivity contribution in [3.8, 4) is 56.2 Å². The molecule has 0 saturated heterocycles. The lowest BCUT2D eigenvalue weighted by atomic mass is 9.91. The van der Waals surface area contributed by atoms with Gasteiger partial charge in [0.15, 0.2) is 17.5 Å². The minimum Gasteiger partial charge on any atom is -0.245 e. The highest BCUT2D eigenvalue weighted by Gasteiger charge is 2.24. The fourth-order valence-corrected chi connectivity index (χ4v) is 8.37. The van der Waals surface area contributed by atoms with Gasteiger partial charge in [-0.15, -0.1) is 0 Å². The van der Waals surface area contributed by atoms with E-state index < -0.39 is 9.73 Å². The molecule has 1 aromatic heterocycles. The van der Waals surface area contributed by atoms with E-state index in [1.165, 1.54) is 11.1 Å². The van der Waals surface area contributed by atoms with Gasteiger partial charge in [0.1, 0.15) is 0 Å². The zero-order chi connectivity index (χ0) is 33.0. The van der Waals surface area contributed by atoms with Crippen molar-refractivity contribution in [3.63, 3.8) is 0 Å². The van der Waals surface area contributed by atoms with E-state index in [0.29, 0.717) is 23.9 Å². The van der Waals surface area contributed by atoms with Crippen molar-refractivity contribution in [2.24, 2.45) is 4.36 Å². The van der Waals surface area contributed by atoms with Gasteiger partial charge in [-0.25, -0.2) is 19.2 Å². The molecule has 6 heteroatoms. The number of hydrogen-bond acceptors (Lipinski definition) is 5. The molecule has 0 fully saturated rings. The van der Waals surface area contributed by atoms with Gasteiger partial charge in [0.05, 0.1) is 20.3 Å². The molecule has 0 amide bonds. The third-order valence-corrected chi connectivity index (χ3v) is 11.0. The largest absolute Gasteiger partial charge is 0.245 e. The van der Waals surface area contributed by atoms with Crippen LogP contribution in [-0.2, 0) is 16.1 Å². The molecule has 2 aliphatic rings. The first-order valence-corrected chi connectivity index (χ1v) is 18.2. The van der Waals surface area contributed by atoms with E-state index in [4.69, 9.17) is 15.0 Å². The van der Waals surface area contributed by atoms with Gasteiger partial charge in [-0.05, 0) is 63.7 Å². The van der Waals surface area contributed by atoms with Gasteiger partial charge in [-0.1, -0.05) is 121 Å². The van der Waals surface area contributed by atoms with Crippen LogP contribution in [0.5, 0.6) is 0 Å². The maximum atomic E-state index is 13.6. The summed E-state index contributed by atoms with van der Waals surface area (Å²) < 4.78 is 18.2. The number of rotatable bonds is 4. The Hall–Kier alpha value is -5.98. The van der Waals surface area contributed by atoms with E-state index in [9.17, 15) is 4.21 Å². The van der Waals surface area contributed by atoms with E-state index in [2.05, 4.69) is 71.1 Å². The SMILES string of the molecule is CS1(=O)=Nc2ccccc2-c2cc(-c3ccc4c(c3)-c3ccccc3C=C(c3nc(-c5ccccc5)nc(-c5ccccc5)n3)C4)ccc21. The Kier molecular flexibility index (Phi) is 6.92. The Morgan fingerprint density at radius 2 is 1.08 bits per heavy atom. The molecular formula is C43H30N4OS. The Balaban J connectivity index is 1.17. The summed E-state index contributed by atoms with van der Waals surface area (Å²) in [5, 5.41) is 0. The molecule has 234 valence electrons. The van der Waals surface area contributed by atoms with Crippen molar-refractivity contribution < 1.29 is 4.21 Å². The quantitative estimate of drug-likeness (QED) is 0.190. The fourth-order valence-electron chi connectivity index (χ4n) is 6.84. The van der Waals surface area contributed by atoms with Gasteiger partial charge in [-0.3, -0.25) is 0 Å². The van der Waals surface area contributed by atoms with Crippen molar-refractivity contribution in [2.75, 3.05) is 6.26 Å². The van der Waals surface area contributed by atoms with Crippen molar-refractivity contribution in [2.45, 2.75) is 11.3 Å². The highest BCUT2D eigenvalue weighted by Crippen LogP contribution is 2.44. The lowest BCUT2D eigenvalue weighted by Gasteiger charge is -2.20. The average Bonchev–Trinajstić information content (AvgIpc) is 3.32. The van der Waals surface area contributed by atoms with Crippen molar-refractivity contribution in [1.82, 2.24) is 15.0 Å². The number of nitrogens with zero attached hydrogens (tertiary/aromatic N) is 4. The van der Waals surface area contributed by atoms with Crippen molar-refractivity contribution >= 4 is 27.1 Å². The highest BCUT2D eigenvalue weighted by atomic mass is 32.2. The molecule has 0 spiro atoms. The second-order valence-corrected chi connectivity index (χ2v) is 14.7. The Morgan fingerprint density at radius 1 is 0.510 bits per heavy atom. The monoisotopic (exact) mass is 650 g/mol. The highest BCUT2D eigenvalue weighted by molar-refractivity contribution is 7.93. The summed E-state index contributed by atoms with van der Waals surface area (Å²) in [6.45, 7) is 0. The normalized spacial score (nSPS) is 15.8. The molecule has 7 aromatic rings. The molecule has 5 nitrogen and oxygen atoms in total. The van der Waals surface area contributed by atoms with E-state index in [0.717, 1.165) is 60.7 Å². The second kappa shape index (κ2) is 11.6. The van der Waals surface area contributed by atoms with E-state index in [1.54, 1.807) is 6.26 Å². The first-order valence-electron chi connectivity index (χ1n) is 16.3. The molecule has 0 N–H and O–H groups in total. The molecule has 0 saturated carbocycles. The van der Waals surface area contributed by atoms with Crippen LogP contribution in [-0.4, -0.2) is 25.4 Å². The summed E-state index contributed by atoms with van der Waals surface area (Å²) in [6, 6.07) is 49.6. The van der Waals surface area contributed by atoms with Crippen LogP contribution in [0.1, 0.15) is 17.0 Å². The maximum absolute atomic E-state index is 13.6. The first-order chi connectivity index (χ1) is 24.0. The van der Waals surface area contributed by atoms with E-state index in [1.807, 2.05) is 84.9 Å².